The lowest BCUT2D eigenvalue weighted by Gasteiger charge is -2.10. The molecule has 0 fully saturated rings. The number of amidine groups is 1. The van der Waals surface area contributed by atoms with Gasteiger partial charge in [0.15, 0.2) is 6.19 Å². The van der Waals surface area contributed by atoms with Gasteiger partial charge in [0.1, 0.15) is 5.84 Å². The van der Waals surface area contributed by atoms with Gasteiger partial charge in [0.25, 0.3) is 0 Å². The van der Waals surface area contributed by atoms with E-state index < -0.39 is 0 Å². The highest BCUT2D eigenvalue weighted by molar-refractivity contribution is 6.30. The fourth-order valence-electron chi connectivity index (χ4n) is 1.51. The molecule has 90 valence electrons. The number of nitriles is 1. The highest BCUT2D eigenvalue weighted by atomic mass is 35.5. The van der Waals surface area contributed by atoms with Crippen LogP contribution in [0.4, 0.5) is 0 Å². The van der Waals surface area contributed by atoms with Crippen molar-refractivity contribution >= 4 is 17.4 Å². The molecule has 0 aliphatic carbocycles. The summed E-state index contributed by atoms with van der Waals surface area (Å²) < 4.78 is 0. The number of nitrogens with zero attached hydrogens (tertiary/aromatic N) is 2. The molecule has 0 aliphatic rings. The normalized spacial score (nSPS) is 12.9. The zero-order valence-corrected chi connectivity index (χ0v) is 10.8. The van der Waals surface area contributed by atoms with E-state index in [1.807, 2.05) is 37.4 Å². The van der Waals surface area contributed by atoms with E-state index in [1.165, 1.54) is 0 Å². The van der Waals surface area contributed by atoms with Crippen molar-refractivity contribution in [3.05, 3.63) is 34.9 Å². The standard InChI is InChI=1S/C13H16ClN3/c1-3-4-13(16-9-15)17-10(2)11-5-7-12(14)8-6-11/h5-8,10H,3-4H2,1-2H3,(H,16,17)/t10-/m0/s1. The zero-order valence-electron chi connectivity index (χ0n) is 10.1. The van der Waals surface area contributed by atoms with Crippen LogP contribution in [0.5, 0.6) is 0 Å². The Morgan fingerprint density at radius 3 is 2.65 bits per heavy atom. The quantitative estimate of drug-likeness (QED) is 0.383. The third-order valence-corrected chi connectivity index (χ3v) is 2.64. The maximum absolute atomic E-state index is 8.62. The second-order valence-electron chi connectivity index (χ2n) is 3.79. The van der Waals surface area contributed by atoms with E-state index in [2.05, 4.69) is 17.2 Å². The summed E-state index contributed by atoms with van der Waals surface area (Å²) in [5.41, 5.74) is 1.09. The van der Waals surface area contributed by atoms with Crippen LogP contribution in [-0.2, 0) is 0 Å². The first-order valence-electron chi connectivity index (χ1n) is 5.64. The molecule has 0 bridgehead atoms. The minimum Gasteiger partial charge on any atom is -0.281 e. The van der Waals surface area contributed by atoms with Crippen molar-refractivity contribution in [1.29, 1.82) is 5.26 Å². The number of aliphatic imine (C=N–C) groups is 1. The van der Waals surface area contributed by atoms with Crippen molar-refractivity contribution in [2.45, 2.75) is 32.7 Å². The second-order valence-corrected chi connectivity index (χ2v) is 4.23. The van der Waals surface area contributed by atoms with Crippen molar-refractivity contribution in [1.82, 2.24) is 5.32 Å². The van der Waals surface area contributed by atoms with Crippen LogP contribution < -0.4 is 5.32 Å². The molecule has 17 heavy (non-hydrogen) atoms. The molecule has 0 aromatic heterocycles. The van der Waals surface area contributed by atoms with Gasteiger partial charge in [-0.25, -0.2) is 0 Å². The fraction of sp³-hybridized carbons (Fsp3) is 0.385. The number of nitrogens with one attached hydrogen (secondary N) is 1. The molecule has 0 unspecified atom stereocenters. The molecule has 1 aromatic rings. The summed E-state index contributed by atoms with van der Waals surface area (Å²) in [7, 11) is 0. The largest absolute Gasteiger partial charge is 0.281 e. The van der Waals surface area contributed by atoms with Crippen LogP contribution in [0.3, 0.4) is 0 Å². The highest BCUT2D eigenvalue weighted by Gasteiger charge is 2.05. The first kappa shape index (κ1) is 13.5. The molecule has 1 aromatic carbocycles. The molecule has 0 saturated heterocycles. The van der Waals surface area contributed by atoms with Crippen LogP contribution in [0, 0.1) is 11.5 Å². The Labute approximate surface area is 107 Å². The monoisotopic (exact) mass is 249 g/mol. The Hall–Kier alpha value is -1.53. The molecule has 3 nitrogen and oxygen atoms in total. The van der Waals surface area contributed by atoms with Gasteiger partial charge in [-0.05, 0) is 31.0 Å². The molecular weight excluding hydrogens is 234 g/mol. The zero-order chi connectivity index (χ0) is 12.7. The third-order valence-electron chi connectivity index (χ3n) is 2.39. The van der Waals surface area contributed by atoms with Crippen molar-refractivity contribution in [2.75, 3.05) is 0 Å². The van der Waals surface area contributed by atoms with Crippen molar-refractivity contribution in [3.8, 4) is 6.19 Å². The fourth-order valence-corrected chi connectivity index (χ4v) is 1.64. The van der Waals surface area contributed by atoms with Gasteiger partial charge in [0.2, 0.25) is 0 Å². The lowest BCUT2D eigenvalue weighted by Crippen LogP contribution is -2.18. The van der Waals surface area contributed by atoms with Gasteiger partial charge < -0.3 is 0 Å². The maximum atomic E-state index is 8.62. The Bertz CT molecular complexity index is 417. The molecule has 0 spiro atoms. The molecule has 1 rings (SSSR count). The molecule has 0 saturated carbocycles. The summed E-state index contributed by atoms with van der Waals surface area (Å²) in [4.78, 5) is 4.50. The molecule has 0 aliphatic heterocycles. The Morgan fingerprint density at radius 2 is 2.12 bits per heavy atom. The highest BCUT2D eigenvalue weighted by Crippen LogP contribution is 2.19. The van der Waals surface area contributed by atoms with E-state index in [4.69, 9.17) is 16.9 Å². The number of benzene rings is 1. The predicted octanol–water partition coefficient (Wildman–Crippen LogP) is 3.67. The Morgan fingerprint density at radius 1 is 1.47 bits per heavy atom. The molecule has 0 radical (unpaired) electrons. The first-order chi connectivity index (χ1) is 8.17. The van der Waals surface area contributed by atoms with Crippen molar-refractivity contribution < 1.29 is 0 Å². The van der Waals surface area contributed by atoms with E-state index in [-0.39, 0.29) is 6.04 Å². The molecule has 1 N–H and O–H groups in total. The molecule has 0 amide bonds. The van der Waals surface area contributed by atoms with Crippen LogP contribution in [0.2, 0.25) is 5.02 Å². The van der Waals surface area contributed by atoms with Gasteiger partial charge in [-0.15, -0.1) is 0 Å². The number of hydrogen-bond donors (Lipinski definition) is 1. The molecule has 0 heterocycles. The minimum absolute atomic E-state index is 0.0228. The van der Waals surface area contributed by atoms with Crippen molar-refractivity contribution in [3.63, 3.8) is 0 Å². The van der Waals surface area contributed by atoms with Crippen LogP contribution in [0.15, 0.2) is 29.3 Å². The maximum Gasteiger partial charge on any atom is 0.182 e. The Kier molecular flexibility index (Phi) is 5.51. The van der Waals surface area contributed by atoms with E-state index >= 15 is 0 Å². The summed E-state index contributed by atoms with van der Waals surface area (Å²) in [6.07, 6.45) is 3.66. The molecule has 4 heteroatoms. The number of hydrogen-bond acceptors (Lipinski definition) is 2. The van der Waals surface area contributed by atoms with Gasteiger partial charge >= 0.3 is 0 Å². The summed E-state index contributed by atoms with van der Waals surface area (Å²) in [5.74, 6) is 0.734. The van der Waals surface area contributed by atoms with Crippen molar-refractivity contribution in [2.24, 2.45) is 4.99 Å². The van der Waals surface area contributed by atoms with Crippen LogP contribution in [0.25, 0.3) is 0 Å². The first-order valence-corrected chi connectivity index (χ1v) is 6.02. The summed E-state index contributed by atoms with van der Waals surface area (Å²) in [5, 5.41) is 12.0. The lowest BCUT2D eigenvalue weighted by atomic mass is 10.1. The van der Waals surface area contributed by atoms with Gasteiger partial charge in [0, 0.05) is 11.4 Å². The SMILES string of the molecule is CCCC(=N[C@@H](C)c1ccc(Cl)cc1)NC#N. The third kappa shape index (κ3) is 4.46. The van der Waals surface area contributed by atoms with E-state index in [0.29, 0.717) is 5.02 Å². The number of rotatable bonds is 4. The average molecular weight is 250 g/mol. The predicted molar refractivity (Wildman–Crippen MR) is 71.0 cm³/mol. The average Bonchev–Trinajstić information content (AvgIpc) is 2.30. The summed E-state index contributed by atoms with van der Waals surface area (Å²) in [6.45, 7) is 4.06. The summed E-state index contributed by atoms with van der Waals surface area (Å²) >= 11 is 5.83. The van der Waals surface area contributed by atoms with E-state index in [0.717, 1.165) is 24.2 Å². The van der Waals surface area contributed by atoms with Gasteiger partial charge in [-0.1, -0.05) is 30.7 Å². The van der Waals surface area contributed by atoms with Gasteiger partial charge in [0.05, 0.1) is 6.04 Å². The Balaban J connectivity index is 2.81. The lowest BCUT2D eigenvalue weighted by molar-refractivity contribution is 0.798. The van der Waals surface area contributed by atoms with Crippen LogP contribution >= 0.6 is 11.6 Å². The van der Waals surface area contributed by atoms with Gasteiger partial charge in [-0.3, -0.25) is 10.3 Å². The second kappa shape index (κ2) is 6.93. The molecule has 1 atom stereocenters. The van der Waals surface area contributed by atoms with E-state index in [9.17, 15) is 0 Å². The number of halogens is 1. The smallest absolute Gasteiger partial charge is 0.182 e. The van der Waals surface area contributed by atoms with Crippen LogP contribution in [-0.4, -0.2) is 5.84 Å². The van der Waals surface area contributed by atoms with Gasteiger partial charge in [-0.2, -0.15) is 5.26 Å². The van der Waals surface area contributed by atoms with Crippen LogP contribution in [0.1, 0.15) is 38.3 Å². The topological polar surface area (TPSA) is 48.2 Å². The van der Waals surface area contributed by atoms with E-state index in [1.54, 1.807) is 0 Å². The molecular formula is C13H16ClN3. The summed E-state index contributed by atoms with van der Waals surface area (Å²) in [6, 6.07) is 7.62. The minimum atomic E-state index is 0.0228.